The summed E-state index contributed by atoms with van der Waals surface area (Å²) in [5.41, 5.74) is 3.37. The van der Waals surface area contributed by atoms with Crippen LogP contribution >= 0.6 is 11.6 Å². The highest BCUT2D eigenvalue weighted by atomic mass is 35.5. The molecule has 0 bridgehead atoms. The molecule has 170 valence electrons. The van der Waals surface area contributed by atoms with Gasteiger partial charge in [0.15, 0.2) is 0 Å². The average molecular weight is 469 g/mol. The zero-order chi connectivity index (χ0) is 23.7. The summed E-state index contributed by atoms with van der Waals surface area (Å²) >= 11 is 5.76. The van der Waals surface area contributed by atoms with E-state index < -0.39 is 5.82 Å². The second-order valence-electron chi connectivity index (χ2n) is 7.61. The first-order chi connectivity index (χ1) is 15.8. The van der Waals surface area contributed by atoms with Gasteiger partial charge < -0.3 is 14.6 Å². The smallest absolute Gasteiger partial charge is 0.277 e. The van der Waals surface area contributed by atoms with Crippen LogP contribution in [0.5, 0.6) is 5.75 Å². The normalized spacial score (nSPS) is 11.1. The second kappa shape index (κ2) is 9.07. The molecule has 0 aliphatic carbocycles. The Morgan fingerprint density at radius 1 is 1.21 bits per heavy atom. The number of anilines is 1. The highest BCUT2D eigenvalue weighted by Gasteiger charge is 2.18. The Balaban J connectivity index is 1.62. The summed E-state index contributed by atoms with van der Waals surface area (Å²) in [7, 11) is 3.43. The Bertz CT molecular complexity index is 1430. The first-order valence-corrected chi connectivity index (χ1v) is 10.6. The summed E-state index contributed by atoms with van der Waals surface area (Å²) in [6.45, 7) is 1.84. The predicted molar refractivity (Wildman–Crippen MR) is 126 cm³/mol. The van der Waals surface area contributed by atoms with Gasteiger partial charge in [-0.3, -0.25) is 9.59 Å². The molecule has 0 aliphatic heterocycles. The molecule has 4 aromatic rings. The molecule has 0 aliphatic rings. The lowest BCUT2D eigenvalue weighted by Gasteiger charge is -2.12. The number of ether oxygens (including phenoxy) is 1. The number of hydrogen-bond donors (Lipinski definition) is 1. The number of aryl methyl sites for hydroxylation is 1. The summed E-state index contributed by atoms with van der Waals surface area (Å²) < 4.78 is 22.0. The minimum absolute atomic E-state index is 0.0667. The van der Waals surface area contributed by atoms with Crippen molar-refractivity contribution in [2.75, 3.05) is 12.4 Å². The third-order valence-corrected chi connectivity index (χ3v) is 5.90. The van der Waals surface area contributed by atoms with Crippen molar-refractivity contribution in [1.82, 2.24) is 14.2 Å². The van der Waals surface area contributed by atoms with Crippen molar-refractivity contribution in [3.8, 4) is 17.0 Å². The van der Waals surface area contributed by atoms with E-state index in [-0.39, 0.29) is 29.3 Å². The van der Waals surface area contributed by atoms with Gasteiger partial charge in [-0.1, -0.05) is 23.7 Å². The van der Waals surface area contributed by atoms with Gasteiger partial charge in [-0.2, -0.15) is 9.61 Å². The van der Waals surface area contributed by atoms with Crippen molar-refractivity contribution < 1.29 is 13.9 Å². The number of nitrogens with zero attached hydrogens (tertiary/aromatic N) is 3. The number of carbonyl (C=O) groups is 1. The summed E-state index contributed by atoms with van der Waals surface area (Å²) in [5, 5.41) is 7.12. The largest absolute Gasteiger partial charge is 0.496 e. The Labute approximate surface area is 194 Å². The number of methoxy groups -OCH3 is 1. The number of halogens is 2. The fourth-order valence-corrected chi connectivity index (χ4v) is 3.91. The molecule has 0 spiro atoms. The van der Waals surface area contributed by atoms with Crippen LogP contribution in [-0.2, 0) is 18.3 Å². The van der Waals surface area contributed by atoms with E-state index in [4.69, 9.17) is 16.3 Å². The zero-order valence-corrected chi connectivity index (χ0v) is 19.1. The Kier molecular flexibility index (Phi) is 6.20. The van der Waals surface area contributed by atoms with Crippen LogP contribution < -0.4 is 15.6 Å². The van der Waals surface area contributed by atoms with Crippen LogP contribution in [0.15, 0.2) is 53.3 Å². The monoisotopic (exact) mass is 468 g/mol. The maximum Gasteiger partial charge on any atom is 0.277 e. The second-order valence-corrected chi connectivity index (χ2v) is 8.01. The van der Waals surface area contributed by atoms with Gasteiger partial charge in [0.2, 0.25) is 5.91 Å². The highest BCUT2D eigenvalue weighted by molar-refractivity contribution is 6.31. The number of hydrogen-bond acceptors (Lipinski definition) is 4. The quantitative estimate of drug-likeness (QED) is 0.455. The summed E-state index contributed by atoms with van der Waals surface area (Å²) in [4.78, 5) is 25.6. The molecule has 1 N–H and O–H groups in total. The van der Waals surface area contributed by atoms with Gasteiger partial charge in [0.25, 0.3) is 5.56 Å². The lowest BCUT2D eigenvalue weighted by Crippen LogP contribution is -2.26. The number of nitrogens with one attached hydrogen (secondary N) is 1. The minimum atomic E-state index is -0.561. The van der Waals surface area contributed by atoms with Crippen molar-refractivity contribution in [2.45, 2.75) is 19.8 Å². The standard InChI is InChI=1S/C24H22ClFN4O3/c1-14-16(9-11-22(31)27-15-8-10-19(26)18(25)12-15)24(32)30-23(29(14)2)13-20(28-30)17-6-4-5-7-21(17)33-3/h4-8,10,12-13H,9,11H2,1-3H3,(H,27,31). The Hall–Kier alpha value is -3.65. The van der Waals surface area contributed by atoms with E-state index in [9.17, 15) is 14.0 Å². The van der Waals surface area contributed by atoms with E-state index in [1.54, 1.807) is 7.11 Å². The molecule has 2 aromatic heterocycles. The molecule has 0 saturated heterocycles. The first-order valence-electron chi connectivity index (χ1n) is 10.3. The number of fused-ring (bicyclic) bond motifs is 1. The molecule has 2 aromatic carbocycles. The van der Waals surface area contributed by atoms with Crippen LogP contribution in [-0.4, -0.2) is 27.2 Å². The summed E-state index contributed by atoms with van der Waals surface area (Å²) in [5.74, 6) is -0.214. The van der Waals surface area contributed by atoms with Crippen LogP contribution in [0.1, 0.15) is 17.7 Å². The fourth-order valence-electron chi connectivity index (χ4n) is 3.73. The molecule has 7 nitrogen and oxygen atoms in total. The number of aromatic nitrogens is 3. The molecule has 4 rings (SSSR count). The maximum absolute atomic E-state index is 13.3. The SMILES string of the molecule is COc1ccccc1-c1cc2n(C)c(C)c(CCC(=O)Nc3ccc(F)c(Cl)c3)c(=O)n2n1. The van der Waals surface area contributed by atoms with Gasteiger partial charge >= 0.3 is 0 Å². The van der Waals surface area contributed by atoms with Crippen molar-refractivity contribution in [2.24, 2.45) is 7.05 Å². The van der Waals surface area contributed by atoms with Gasteiger partial charge in [-0.05, 0) is 43.7 Å². The Morgan fingerprint density at radius 3 is 2.70 bits per heavy atom. The number of benzene rings is 2. The number of para-hydroxylation sites is 1. The molecule has 0 atom stereocenters. The van der Waals surface area contributed by atoms with Gasteiger partial charge in [0.1, 0.15) is 17.2 Å². The van der Waals surface area contributed by atoms with Crippen molar-refractivity contribution in [3.05, 3.63) is 81.0 Å². The van der Waals surface area contributed by atoms with E-state index >= 15 is 0 Å². The molecular formula is C24H22ClFN4O3. The van der Waals surface area contributed by atoms with Crippen LogP contribution in [0.25, 0.3) is 16.9 Å². The maximum atomic E-state index is 13.3. The number of carbonyl (C=O) groups excluding carboxylic acids is 1. The molecule has 1 amide bonds. The number of amides is 1. The van der Waals surface area contributed by atoms with Gasteiger partial charge in [0.05, 0.1) is 17.8 Å². The van der Waals surface area contributed by atoms with E-state index in [0.717, 1.165) is 11.3 Å². The fraction of sp³-hybridized carbons (Fsp3) is 0.208. The third-order valence-electron chi connectivity index (χ3n) is 5.61. The molecule has 0 saturated carbocycles. The van der Waals surface area contributed by atoms with Crippen LogP contribution in [0, 0.1) is 12.7 Å². The van der Waals surface area contributed by atoms with Gasteiger partial charge in [0, 0.05) is 42.0 Å². The third kappa shape index (κ3) is 4.34. The molecular weight excluding hydrogens is 447 g/mol. The molecule has 9 heteroatoms. The van der Waals surface area contributed by atoms with Crippen LogP contribution in [0.2, 0.25) is 5.02 Å². The number of rotatable bonds is 6. The van der Waals surface area contributed by atoms with Crippen molar-refractivity contribution >= 4 is 28.8 Å². The summed E-state index contributed by atoms with van der Waals surface area (Å²) in [6.07, 6.45) is 0.288. The highest BCUT2D eigenvalue weighted by Crippen LogP contribution is 2.29. The lowest BCUT2D eigenvalue weighted by molar-refractivity contribution is -0.116. The van der Waals surface area contributed by atoms with Crippen LogP contribution in [0.3, 0.4) is 0 Å². The minimum Gasteiger partial charge on any atom is -0.496 e. The lowest BCUT2D eigenvalue weighted by atomic mass is 10.1. The Morgan fingerprint density at radius 2 is 1.97 bits per heavy atom. The summed E-state index contributed by atoms with van der Waals surface area (Å²) in [6, 6.07) is 13.2. The van der Waals surface area contributed by atoms with E-state index in [0.29, 0.717) is 28.3 Å². The van der Waals surface area contributed by atoms with Gasteiger partial charge in [-0.15, -0.1) is 0 Å². The molecule has 0 radical (unpaired) electrons. The molecule has 0 unspecified atom stereocenters. The van der Waals surface area contributed by atoms with Crippen molar-refractivity contribution in [3.63, 3.8) is 0 Å². The molecule has 2 heterocycles. The molecule has 0 fully saturated rings. The molecule has 33 heavy (non-hydrogen) atoms. The van der Waals surface area contributed by atoms with E-state index in [2.05, 4.69) is 10.4 Å². The van der Waals surface area contributed by atoms with Gasteiger partial charge in [-0.25, -0.2) is 4.39 Å². The first kappa shape index (κ1) is 22.5. The predicted octanol–water partition coefficient (Wildman–Crippen LogP) is 4.38. The van der Waals surface area contributed by atoms with Crippen LogP contribution in [0.4, 0.5) is 10.1 Å². The van der Waals surface area contributed by atoms with E-state index in [1.807, 2.05) is 48.9 Å². The van der Waals surface area contributed by atoms with Crippen molar-refractivity contribution in [1.29, 1.82) is 0 Å². The zero-order valence-electron chi connectivity index (χ0n) is 18.4. The van der Waals surface area contributed by atoms with E-state index in [1.165, 1.54) is 22.7 Å². The topological polar surface area (TPSA) is 77.6 Å². The average Bonchev–Trinajstić information content (AvgIpc) is 3.26.